The summed E-state index contributed by atoms with van der Waals surface area (Å²) in [6, 6.07) is 0.0259. The van der Waals surface area contributed by atoms with Crippen molar-refractivity contribution < 1.29 is 23.1 Å². The van der Waals surface area contributed by atoms with Gasteiger partial charge in [-0.2, -0.15) is 17.9 Å². The molecule has 3 N–H and O–H groups in total. The Labute approximate surface area is 94.4 Å². The zero-order valence-corrected chi connectivity index (χ0v) is 9.79. The van der Waals surface area contributed by atoms with Crippen LogP contribution in [0.2, 0.25) is 0 Å². The molecule has 1 fully saturated rings. The molecule has 1 saturated carbocycles. The van der Waals surface area contributed by atoms with Crippen LogP contribution < -0.4 is 9.44 Å². The van der Waals surface area contributed by atoms with Crippen molar-refractivity contribution in [3.8, 4) is 0 Å². The van der Waals surface area contributed by atoms with Crippen molar-refractivity contribution >= 4 is 16.2 Å². The number of ether oxygens (including phenoxy) is 1. The number of hydrogen-bond acceptors (Lipinski definition) is 4. The van der Waals surface area contributed by atoms with Gasteiger partial charge in [0, 0.05) is 19.7 Å². The molecule has 1 aliphatic carbocycles. The van der Waals surface area contributed by atoms with Crippen LogP contribution in [0, 0.1) is 0 Å². The number of hydrogen-bond donors (Lipinski definition) is 3. The summed E-state index contributed by atoms with van der Waals surface area (Å²) in [5, 5.41) is 8.53. The lowest BCUT2D eigenvalue weighted by molar-refractivity contribution is -0.139. The fraction of sp³-hybridized carbons (Fsp3) is 0.875. The Hall–Kier alpha value is -0.700. The van der Waals surface area contributed by atoms with Crippen molar-refractivity contribution in [3.63, 3.8) is 0 Å². The van der Waals surface area contributed by atoms with Gasteiger partial charge in [-0.3, -0.25) is 4.79 Å². The number of carboxylic acid groups (broad SMARTS) is 1. The molecule has 0 spiro atoms. The molecule has 0 aromatic heterocycles. The summed E-state index contributed by atoms with van der Waals surface area (Å²) < 4.78 is 32.2. The SMILES string of the molecule is COC(CNS(=O)(=O)NC1CC1)CC(=O)O. The highest BCUT2D eigenvalue weighted by Gasteiger charge is 2.27. The summed E-state index contributed by atoms with van der Waals surface area (Å²) in [5.74, 6) is -1.03. The number of carbonyl (C=O) groups is 1. The van der Waals surface area contributed by atoms with Gasteiger partial charge >= 0.3 is 5.97 Å². The van der Waals surface area contributed by atoms with E-state index in [-0.39, 0.29) is 19.0 Å². The second-order valence-corrected chi connectivity index (χ2v) is 5.23. The maximum Gasteiger partial charge on any atom is 0.306 e. The molecule has 1 rings (SSSR count). The lowest BCUT2D eigenvalue weighted by atomic mass is 10.2. The van der Waals surface area contributed by atoms with Crippen molar-refractivity contribution in [2.75, 3.05) is 13.7 Å². The lowest BCUT2D eigenvalue weighted by Gasteiger charge is -2.14. The van der Waals surface area contributed by atoms with Gasteiger partial charge in [0.25, 0.3) is 10.2 Å². The molecule has 0 aromatic carbocycles. The highest BCUT2D eigenvalue weighted by molar-refractivity contribution is 7.87. The number of aliphatic carboxylic acids is 1. The molecule has 0 bridgehead atoms. The van der Waals surface area contributed by atoms with Gasteiger partial charge in [-0.05, 0) is 12.8 Å². The minimum atomic E-state index is -3.53. The molecule has 94 valence electrons. The molecule has 1 aliphatic rings. The summed E-state index contributed by atoms with van der Waals surface area (Å²) in [6.07, 6.45) is 0.809. The Balaban J connectivity index is 2.32. The van der Waals surface area contributed by atoms with Crippen LogP contribution in [0.15, 0.2) is 0 Å². The van der Waals surface area contributed by atoms with Gasteiger partial charge in [0.05, 0.1) is 12.5 Å². The van der Waals surface area contributed by atoms with E-state index in [0.29, 0.717) is 0 Å². The molecular formula is C8H16N2O5S. The smallest absolute Gasteiger partial charge is 0.306 e. The first-order valence-corrected chi connectivity index (χ1v) is 6.43. The van der Waals surface area contributed by atoms with Gasteiger partial charge in [0.1, 0.15) is 0 Å². The third-order valence-electron chi connectivity index (χ3n) is 2.14. The van der Waals surface area contributed by atoms with Crippen molar-refractivity contribution in [1.29, 1.82) is 0 Å². The van der Waals surface area contributed by atoms with Crippen LogP contribution in [0.4, 0.5) is 0 Å². The molecule has 0 amide bonds. The summed E-state index contributed by atoms with van der Waals surface area (Å²) in [4.78, 5) is 10.4. The van der Waals surface area contributed by atoms with Crippen LogP contribution in [0.5, 0.6) is 0 Å². The van der Waals surface area contributed by atoms with E-state index in [9.17, 15) is 13.2 Å². The number of rotatable bonds is 8. The Kier molecular flexibility index (Phi) is 4.66. The predicted molar refractivity (Wildman–Crippen MR) is 56.1 cm³/mol. The molecule has 7 nitrogen and oxygen atoms in total. The van der Waals surface area contributed by atoms with Gasteiger partial charge in [0.2, 0.25) is 0 Å². The standard InChI is InChI=1S/C8H16N2O5S/c1-15-7(4-8(11)12)5-9-16(13,14)10-6-2-3-6/h6-7,9-10H,2-5H2,1H3,(H,11,12). The maximum atomic E-state index is 11.4. The Morgan fingerprint density at radius 1 is 1.56 bits per heavy atom. The Morgan fingerprint density at radius 2 is 2.19 bits per heavy atom. The highest BCUT2D eigenvalue weighted by Crippen LogP contribution is 2.19. The third kappa shape index (κ3) is 5.40. The van der Waals surface area contributed by atoms with E-state index in [1.54, 1.807) is 0 Å². The highest BCUT2D eigenvalue weighted by atomic mass is 32.2. The first-order chi connectivity index (χ1) is 7.43. The van der Waals surface area contributed by atoms with Crippen molar-refractivity contribution in [1.82, 2.24) is 9.44 Å². The second-order valence-electron chi connectivity index (χ2n) is 3.70. The van der Waals surface area contributed by atoms with Crippen LogP contribution in [0.25, 0.3) is 0 Å². The second kappa shape index (κ2) is 5.58. The van der Waals surface area contributed by atoms with Crippen LogP contribution in [-0.2, 0) is 19.7 Å². The first-order valence-electron chi connectivity index (χ1n) is 4.94. The largest absolute Gasteiger partial charge is 0.481 e. The molecule has 1 unspecified atom stereocenters. The summed E-state index contributed by atoms with van der Waals surface area (Å²) >= 11 is 0. The van der Waals surface area contributed by atoms with Crippen LogP contribution >= 0.6 is 0 Å². The summed E-state index contributed by atoms with van der Waals surface area (Å²) in [7, 11) is -2.19. The summed E-state index contributed by atoms with van der Waals surface area (Å²) in [5.41, 5.74) is 0. The molecule has 0 saturated heterocycles. The molecular weight excluding hydrogens is 236 g/mol. The van der Waals surface area contributed by atoms with Crippen LogP contribution in [-0.4, -0.2) is 45.3 Å². The topological polar surface area (TPSA) is 105 Å². The molecule has 0 aliphatic heterocycles. The van der Waals surface area contributed by atoms with E-state index in [1.165, 1.54) is 7.11 Å². The van der Waals surface area contributed by atoms with Crippen LogP contribution in [0.1, 0.15) is 19.3 Å². The van der Waals surface area contributed by atoms with E-state index in [0.717, 1.165) is 12.8 Å². The van der Waals surface area contributed by atoms with Crippen molar-refractivity contribution in [2.45, 2.75) is 31.4 Å². The summed E-state index contributed by atoms with van der Waals surface area (Å²) in [6.45, 7) is -0.0507. The van der Waals surface area contributed by atoms with Gasteiger partial charge in [0.15, 0.2) is 0 Å². The lowest BCUT2D eigenvalue weighted by Crippen LogP contribution is -2.42. The third-order valence-corrected chi connectivity index (χ3v) is 3.33. The van der Waals surface area contributed by atoms with Gasteiger partial charge in [-0.15, -0.1) is 0 Å². The minimum absolute atomic E-state index is 0.0259. The Morgan fingerprint density at radius 3 is 2.62 bits per heavy atom. The molecule has 16 heavy (non-hydrogen) atoms. The van der Waals surface area contributed by atoms with E-state index in [4.69, 9.17) is 9.84 Å². The number of methoxy groups -OCH3 is 1. The average Bonchev–Trinajstić information content (AvgIpc) is 2.94. The fourth-order valence-corrected chi connectivity index (χ4v) is 2.26. The van der Waals surface area contributed by atoms with E-state index in [2.05, 4.69) is 9.44 Å². The van der Waals surface area contributed by atoms with Crippen molar-refractivity contribution in [2.24, 2.45) is 0 Å². The maximum absolute atomic E-state index is 11.4. The van der Waals surface area contributed by atoms with Gasteiger partial charge < -0.3 is 9.84 Å². The monoisotopic (exact) mass is 252 g/mol. The van der Waals surface area contributed by atoms with E-state index < -0.39 is 22.3 Å². The Bertz CT molecular complexity index is 338. The normalized spacial score (nSPS) is 18.3. The van der Waals surface area contributed by atoms with E-state index in [1.807, 2.05) is 0 Å². The number of nitrogens with one attached hydrogen (secondary N) is 2. The van der Waals surface area contributed by atoms with Gasteiger partial charge in [-0.25, -0.2) is 0 Å². The van der Waals surface area contributed by atoms with E-state index >= 15 is 0 Å². The molecule has 1 atom stereocenters. The van der Waals surface area contributed by atoms with Crippen molar-refractivity contribution in [3.05, 3.63) is 0 Å². The average molecular weight is 252 g/mol. The van der Waals surface area contributed by atoms with Gasteiger partial charge in [-0.1, -0.05) is 0 Å². The zero-order chi connectivity index (χ0) is 12.2. The molecule has 0 radical (unpaired) electrons. The molecule has 8 heteroatoms. The zero-order valence-electron chi connectivity index (χ0n) is 8.97. The molecule has 0 aromatic rings. The quantitative estimate of drug-likeness (QED) is 0.517. The predicted octanol–water partition coefficient (Wildman–Crippen LogP) is -0.937. The molecule has 0 heterocycles. The number of carboxylic acids is 1. The van der Waals surface area contributed by atoms with Crippen LogP contribution in [0.3, 0.4) is 0 Å². The fourth-order valence-electron chi connectivity index (χ4n) is 1.10. The first kappa shape index (κ1) is 13.4. The minimum Gasteiger partial charge on any atom is -0.481 e.